The Bertz CT molecular complexity index is 98.0. The van der Waals surface area contributed by atoms with Crippen LogP contribution in [0.15, 0.2) is 0 Å². The van der Waals surface area contributed by atoms with Crippen molar-refractivity contribution >= 4 is 34.0 Å². The van der Waals surface area contributed by atoms with Gasteiger partial charge >= 0.3 is 0 Å². The maximum atomic E-state index is 2.18. The van der Waals surface area contributed by atoms with Crippen LogP contribution in [0.25, 0.3) is 0 Å². The number of rotatable bonds is 2. The summed E-state index contributed by atoms with van der Waals surface area (Å²) >= 11 is 0. The lowest BCUT2D eigenvalue weighted by Crippen LogP contribution is -2.21. The highest BCUT2D eigenvalue weighted by Gasteiger charge is 2.26. The molecule has 0 amide bonds. The molecule has 0 saturated heterocycles. The molecule has 18 heavy (non-hydrogen) atoms. The quantitative estimate of drug-likeness (QED) is 0.464. The Morgan fingerprint density at radius 2 is 0.667 bits per heavy atom. The van der Waals surface area contributed by atoms with E-state index in [0.29, 0.717) is 0 Å². The summed E-state index contributed by atoms with van der Waals surface area (Å²) in [5.41, 5.74) is 0. The van der Waals surface area contributed by atoms with Crippen LogP contribution in [0.4, 0.5) is 0 Å². The Morgan fingerprint density at radius 1 is 0.500 bits per heavy atom. The van der Waals surface area contributed by atoms with Gasteiger partial charge in [-0.25, -0.2) is 0 Å². The molecule has 0 aromatic heterocycles. The van der Waals surface area contributed by atoms with Gasteiger partial charge in [-0.15, -0.1) is 34.0 Å². The number of hydrogen-bond donors (Lipinski definition) is 0. The third kappa shape index (κ3) is 13.4. The van der Waals surface area contributed by atoms with Crippen molar-refractivity contribution in [2.45, 2.75) is 91.9 Å². The van der Waals surface area contributed by atoms with Crippen molar-refractivity contribution in [2.24, 2.45) is 11.8 Å². The van der Waals surface area contributed by atoms with Gasteiger partial charge in [-0.3, -0.25) is 0 Å². The van der Waals surface area contributed by atoms with E-state index in [0.717, 1.165) is 11.8 Å². The van der Waals surface area contributed by atoms with Crippen molar-refractivity contribution in [3.05, 3.63) is 0 Å². The highest BCUT2D eigenvalue weighted by atomic mass is 79.9. The van der Waals surface area contributed by atoms with E-state index in [2.05, 4.69) is 27.7 Å². The molecular weight excluding hydrogens is 352 g/mol. The zero-order chi connectivity index (χ0) is 12.2. The molecule has 3 fully saturated rings. The van der Waals surface area contributed by atoms with E-state index in [1.807, 2.05) is 0 Å². The smallest absolute Gasteiger partial charge is 0.0414 e. The van der Waals surface area contributed by atoms with Crippen LogP contribution in [0.5, 0.6) is 0 Å². The van der Waals surface area contributed by atoms with Gasteiger partial charge in [-0.2, -0.15) is 0 Å². The van der Waals surface area contributed by atoms with Gasteiger partial charge in [0.05, 0.1) is 0 Å². The summed E-state index contributed by atoms with van der Waals surface area (Å²) in [7, 11) is 0. The van der Waals surface area contributed by atoms with E-state index in [4.69, 9.17) is 0 Å². The van der Waals surface area contributed by atoms with Crippen LogP contribution in [-0.4, -0.2) is 0 Å². The normalized spacial score (nSPS) is 23.3. The fourth-order valence-electron chi connectivity index (χ4n) is 2.28. The first kappa shape index (κ1) is 24.0. The molecule has 2 heteroatoms. The molecule has 0 atom stereocenters. The SMILES string of the molecule is Br.Br.C1CC2CCC1CC2.CCCC.CCCC. The summed E-state index contributed by atoms with van der Waals surface area (Å²) in [6, 6.07) is 0. The number of halogens is 2. The van der Waals surface area contributed by atoms with Gasteiger partial charge in [0.15, 0.2) is 0 Å². The molecule has 0 unspecified atom stereocenters. The maximum absolute atomic E-state index is 2.18. The summed E-state index contributed by atoms with van der Waals surface area (Å²) in [6.45, 7) is 8.72. The molecule has 0 aromatic rings. The number of fused-ring (bicyclic) bond motifs is 3. The molecule has 3 aliphatic rings. The minimum atomic E-state index is 0. The number of hydrogen-bond acceptors (Lipinski definition) is 0. The van der Waals surface area contributed by atoms with Crippen molar-refractivity contribution in [2.75, 3.05) is 0 Å². The zero-order valence-corrected chi connectivity index (χ0v) is 16.5. The second-order valence-corrected chi connectivity index (χ2v) is 5.46. The molecule has 0 nitrogen and oxygen atoms in total. The lowest BCUT2D eigenvalue weighted by molar-refractivity contribution is 0.176. The molecular formula is C16H36Br2. The van der Waals surface area contributed by atoms with Crippen molar-refractivity contribution in [1.82, 2.24) is 0 Å². The number of unbranched alkanes of at least 4 members (excludes halogenated alkanes) is 2. The Balaban J connectivity index is -0.000000199. The van der Waals surface area contributed by atoms with Crippen molar-refractivity contribution in [1.29, 1.82) is 0 Å². The lowest BCUT2D eigenvalue weighted by Gasteiger charge is -2.35. The molecule has 0 N–H and O–H groups in total. The Labute approximate surface area is 137 Å². The van der Waals surface area contributed by atoms with E-state index in [9.17, 15) is 0 Å². The van der Waals surface area contributed by atoms with Gasteiger partial charge < -0.3 is 0 Å². The van der Waals surface area contributed by atoms with Crippen molar-refractivity contribution in [3.63, 3.8) is 0 Å². The van der Waals surface area contributed by atoms with E-state index < -0.39 is 0 Å². The van der Waals surface area contributed by atoms with E-state index >= 15 is 0 Å². The summed E-state index contributed by atoms with van der Waals surface area (Å²) in [5, 5.41) is 0. The molecule has 3 saturated carbocycles. The van der Waals surface area contributed by atoms with E-state index in [1.165, 1.54) is 25.7 Å². The predicted octanol–water partition coefficient (Wildman–Crippen LogP) is 7.36. The van der Waals surface area contributed by atoms with Crippen LogP contribution in [0.3, 0.4) is 0 Å². The van der Waals surface area contributed by atoms with Gasteiger partial charge in [-0.05, 0) is 11.8 Å². The fraction of sp³-hybridized carbons (Fsp3) is 1.00. The molecule has 2 bridgehead atoms. The molecule has 0 aromatic carbocycles. The Kier molecular flexibility index (Phi) is 24.0. The molecule has 0 radical (unpaired) electrons. The zero-order valence-electron chi connectivity index (χ0n) is 13.0. The van der Waals surface area contributed by atoms with Crippen molar-refractivity contribution in [3.8, 4) is 0 Å². The van der Waals surface area contributed by atoms with Crippen LogP contribution in [0.1, 0.15) is 91.9 Å². The molecule has 0 aliphatic heterocycles. The third-order valence-electron chi connectivity index (χ3n) is 3.95. The molecule has 0 spiro atoms. The minimum absolute atomic E-state index is 0. The summed E-state index contributed by atoms with van der Waals surface area (Å²) in [5.74, 6) is 2.31. The third-order valence-corrected chi connectivity index (χ3v) is 3.95. The first-order chi connectivity index (χ1) is 7.78. The Morgan fingerprint density at radius 3 is 0.722 bits per heavy atom. The average molecular weight is 388 g/mol. The maximum Gasteiger partial charge on any atom is -0.0414 e. The first-order valence-electron chi connectivity index (χ1n) is 7.78. The second-order valence-electron chi connectivity index (χ2n) is 5.46. The Hall–Kier alpha value is 0.960. The van der Waals surface area contributed by atoms with Gasteiger partial charge in [0.25, 0.3) is 0 Å². The summed E-state index contributed by atoms with van der Waals surface area (Å²) in [6.07, 6.45) is 14.6. The van der Waals surface area contributed by atoms with Crippen LogP contribution in [-0.2, 0) is 0 Å². The van der Waals surface area contributed by atoms with Gasteiger partial charge in [0.1, 0.15) is 0 Å². The first-order valence-corrected chi connectivity index (χ1v) is 7.78. The predicted molar refractivity (Wildman–Crippen MR) is 96.5 cm³/mol. The molecule has 0 heterocycles. The topological polar surface area (TPSA) is 0 Å². The monoisotopic (exact) mass is 386 g/mol. The van der Waals surface area contributed by atoms with Gasteiger partial charge in [0.2, 0.25) is 0 Å². The average Bonchev–Trinajstić information content (AvgIpc) is 2.41. The molecule has 3 aliphatic carbocycles. The van der Waals surface area contributed by atoms with Crippen LogP contribution >= 0.6 is 34.0 Å². The summed E-state index contributed by atoms with van der Waals surface area (Å²) in [4.78, 5) is 0. The largest absolute Gasteiger partial charge is 0.114 e. The minimum Gasteiger partial charge on any atom is -0.114 e. The molecule has 114 valence electrons. The fourth-order valence-corrected chi connectivity index (χ4v) is 2.28. The lowest BCUT2D eigenvalue weighted by atomic mass is 9.71. The van der Waals surface area contributed by atoms with E-state index in [-0.39, 0.29) is 34.0 Å². The highest BCUT2D eigenvalue weighted by Crippen LogP contribution is 2.40. The second kappa shape index (κ2) is 18.0. The van der Waals surface area contributed by atoms with Crippen molar-refractivity contribution < 1.29 is 0 Å². The standard InChI is InChI=1S/C8H14.2C4H10.2BrH/c1-2-8-5-3-7(1)4-6-8;2*1-3-4-2;;/h7-8H,1-6H2;2*3-4H2,1-2H3;2*1H. The van der Waals surface area contributed by atoms with Crippen LogP contribution in [0.2, 0.25) is 0 Å². The van der Waals surface area contributed by atoms with Crippen LogP contribution in [0, 0.1) is 11.8 Å². The van der Waals surface area contributed by atoms with Crippen LogP contribution < -0.4 is 0 Å². The molecule has 3 rings (SSSR count). The van der Waals surface area contributed by atoms with Gasteiger partial charge in [0, 0.05) is 0 Å². The van der Waals surface area contributed by atoms with Gasteiger partial charge in [-0.1, -0.05) is 91.9 Å². The summed E-state index contributed by atoms with van der Waals surface area (Å²) < 4.78 is 0. The highest BCUT2D eigenvalue weighted by molar-refractivity contribution is 8.93. The van der Waals surface area contributed by atoms with E-state index in [1.54, 1.807) is 38.5 Å².